The van der Waals surface area contributed by atoms with E-state index in [9.17, 15) is 19.5 Å². The predicted octanol–water partition coefficient (Wildman–Crippen LogP) is 2.44. The summed E-state index contributed by atoms with van der Waals surface area (Å²) in [5.74, 6) is -2.36. The third-order valence-corrected chi connectivity index (χ3v) is 3.77. The Balaban J connectivity index is 1.99. The van der Waals surface area contributed by atoms with Crippen molar-refractivity contribution in [3.8, 4) is 0 Å². The summed E-state index contributed by atoms with van der Waals surface area (Å²) in [6.45, 7) is 5.17. The number of carbonyl (C=O) groups excluding carboxylic acids is 2. The van der Waals surface area contributed by atoms with Gasteiger partial charge >= 0.3 is 18.0 Å². The molecule has 1 aromatic rings. The fourth-order valence-corrected chi connectivity index (χ4v) is 2.61. The van der Waals surface area contributed by atoms with Crippen molar-refractivity contribution in [1.29, 1.82) is 0 Å². The molecule has 1 saturated heterocycles. The van der Waals surface area contributed by atoms with Gasteiger partial charge in [0.25, 0.3) is 0 Å². The normalized spacial score (nSPS) is 20.2. The van der Waals surface area contributed by atoms with E-state index in [1.165, 1.54) is 0 Å². The van der Waals surface area contributed by atoms with Crippen LogP contribution < -0.4 is 0 Å². The van der Waals surface area contributed by atoms with Gasteiger partial charge in [0.2, 0.25) is 0 Å². The van der Waals surface area contributed by atoms with Gasteiger partial charge in [-0.15, -0.1) is 0 Å². The van der Waals surface area contributed by atoms with E-state index < -0.39 is 35.6 Å². The van der Waals surface area contributed by atoms with Crippen molar-refractivity contribution in [2.24, 2.45) is 5.92 Å². The number of carboxylic acids is 1. The first-order valence-corrected chi connectivity index (χ1v) is 8.10. The summed E-state index contributed by atoms with van der Waals surface area (Å²) < 4.78 is 10.5. The molecule has 7 nitrogen and oxygen atoms in total. The number of likely N-dealkylation sites (tertiary alicyclic amines) is 1. The lowest BCUT2D eigenvalue weighted by Crippen LogP contribution is -2.43. The Morgan fingerprint density at radius 2 is 1.84 bits per heavy atom. The average molecular weight is 349 g/mol. The maximum atomic E-state index is 12.2. The molecule has 0 saturated carbocycles. The summed E-state index contributed by atoms with van der Waals surface area (Å²) in [7, 11) is 0. The minimum absolute atomic E-state index is 0.0161. The van der Waals surface area contributed by atoms with Crippen LogP contribution in [0.5, 0.6) is 0 Å². The van der Waals surface area contributed by atoms with Crippen LogP contribution in [0.4, 0.5) is 4.79 Å². The summed E-state index contributed by atoms with van der Waals surface area (Å²) >= 11 is 0. The smallest absolute Gasteiger partial charge is 0.411 e. The van der Waals surface area contributed by atoms with Gasteiger partial charge in [0, 0.05) is 6.54 Å². The topological polar surface area (TPSA) is 93.1 Å². The van der Waals surface area contributed by atoms with Crippen LogP contribution in [0.2, 0.25) is 0 Å². The van der Waals surface area contributed by atoms with E-state index in [1.54, 1.807) is 20.8 Å². The van der Waals surface area contributed by atoms with Crippen molar-refractivity contribution in [3.05, 3.63) is 35.9 Å². The number of nitrogens with zero attached hydrogens (tertiary/aromatic N) is 1. The molecule has 1 amide bonds. The number of hydrogen-bond donors (Lipinski definition) is 1. The van der Waals surface area contributed by atoms with E-state index in [4.69, 9.17) is 9.47 Å². The molecular formula is C18H23NO6. The number of benzene rings is 1. The van der Waals surface area contributed by atoms with Crippen molar-refractivity contribution in [2.45, 2.75) is 45.4 Å². The highest BCUT2D eigenvalue weighted by atomic mass is 16.6. The maximum absolute atomic E-state index is 12.2. The van der Waals surface area contributed by atoms with E-state index in [0.29, 0.717) is 0 Å². The Labute approximate surface area is 146 Å². The molecule has 1 aliphatic rings. The quantitative estimate of drug-likeness (QED) is 0.839. The first-order chi connectivity index (χ1) is 11.7. The van der Waals surface area contributed by atoms with Gasteiger partial charge in [-0.05, 0) is 32.8 Å². The van der Waals surface area contributed by atoms with Crippen molar-refractivity contribution in [2.75, 3.05) is 6.54 Å². The number of amides is 1. The first kappa shape index (κ1) is 18.8. The summed E-state index contributed by atoms with van der Waals surface area (Å²) in [5, 5.41) is 9.34. The van der Waals surface area contributed by atoms with Gasteiger partial charge in [0.15, 0.2) is 0 Å². The number of esters is 1. The fraction of sp³-hybridized carbons (Fsp3) is 0.500. The molecule has 1 N–H and O–H groups in total. The van der Waals surface area contributed by atoms with Gasteiger partial charge < -0.3 is 14.6 Å². The lowest BCUT2D eigenvalue weighted by atomic mass is 10.1. The molecule has 0 bridgehead atoms. The van der Waals surface area contributed by atoms with Gasteiger partial charge in [-0.1, -0.05) is 30.3 Å². The zero-order valence-corrected chi connectivity index (χ0v) is 14.6. The van der Waals surface area contributed by atoms with Crippen molar-refractivity contribution < 1.29 is 29.0 Å². The lowest BCUT2D eigenvalue weighted by molar-refractivity contribution is -0.149. The summed E-state index contributed by atoms with van der Waals surface area (Å²) in [5.41, 5.74) is 0.0964. The molecule has 0 spiro atoms. The first-order valence-electron chi connectivity index (χ1n) is 8.10. The third kappa shape index (κ3) is 5.20. The van der Waals surface area contributed by atoms with E-state index in [2.05, 4.69) is 0 Å². The molecule has 2 rings (SSSR count). The number of aliphatic carboxylic acids is 1. The van der Waals surface area contributed by atoms with Crippen LogP contribution in [0.3, 0.4) is 0 Å². The molecule has 1 fully saturated rings. The highest BCUT2D eigenvalue weighted by Crippen LogP contribution is 2.27. The SMILES string of the molecule is CC(C)(C)OC(=O)N1C[C@H](C(=O)OCc2ccccc2)C[C@H]1C(=O)O. The van der Waals surface area contributed by atoms with Crippen molar-refractivity contribution in [3.63, 3.8) is 0 Å². The van der Waals surface area contributed by atoms with E-state index >= 15 is 0 Å². The second-order valence-corrected chi connectivity index (χ2v) is 7.01. The lowest BCUT2D eigenvalue weighted by Gasteiger charge is -2.26. The van der Waals surface area contributed by atoms with Crippen LogP contribution in [-0.4, -0.2) is 46.2 Å². The number of carboxylic acid groups (broad SMARTS) is 1. The monoisotopic (exact) mass is 349 g/mol. The highest BCUT2D eigenvalue weighted by molar-refractivity contribution is 5.84. The molecule has 0 unspecified atom stereocenters. The Kier molecular flexibility index (Phi) is 5.66. The van der Waals surface area contributed by atoms with Gasteiger partial charge in [0.05, 0.1) is 5.92 Å². The average Bonchev–Trinajstić information content (AvgIpc) is 2.98. The molecule has 1 aromatic carbocycles. The minimum Gasteiger partial charge on any atom is -0.480 e. The van der Waals surface area contributed by atoms with Gasteiger partial charge in [0.1, 0.15) is 18.2 Å². The van der Waals surface area contributed by atoms with E-state index in [0.717, 1.165) is 10.5 Å². The molecule has 25 heavy (non-hydrogen) atoms. The zero-order valence-electron chi connectivity index (χ0n) is 14.6. The second kappa shape index (κ2) is 7.55. The zero-order chi connectivity index (χ0) is 18.6. The summed E-state index contributed by atoms with van der Waals surface area (Å²) in [6, 6.07) is 8.10. The Morgan fingerprint density at radius 1 is 1.20 bits per heavy atom. The summed E-state index contributed by atoms with van der Waals surface area (Å²) in [4.78, 5) is 37.0. The minimum atomic E-state index is -1.16. The van der Waals surface area contributed by atoms with E-state index in [1.807, 2.05) is 30.3 Å². The number of carbonyl (C=O) groups is 3. The van der Waals surface area contributed by atoms with Crippen LogP contribution in [0.15, 0.2) is 30.3 Å². The Hall–Kier alpha value is -2.57. The van der Waals surface area contributed by atoms with Crippen molar-refractivity contribution in [1.82, 2.24) is 4.90 Å². The van der Waals surface area contributed by atoms with Gasteiger partial charge in [-0.3, -0.25) is 9.69 Å². The predicted molar refractivity (Wildman–Crippen MR) is 88.7 cm³/mol. The van der Waals surface area contributed by atoms with Crippen LogP contribution in [0, 0.1) is 5.92 Å². The largest absolute Gasteiger partial charge is 0.480 e. The van der Waals surface area contributed by atoms with E-state index in [-0.39, 0.29) is 19.6 Å². The van der Waals surface area contributed by atoms with Crippen LogP contribution >= 0.6 is 0 Å². The molecule has 7 heteroatoms. The number of ether oxygens (including phenoxy) is 2. The third-order valence-electron chi connectivity index (χ3n) is 3.77. The number of rotatable bonds is 4. The van der Waals surface area contributed by atoms with Crippen LogP contribution in [-0.2, 0) is 25.7 Å². The molecule has 0 aliphatic carbocycles. The molecule has 1 heterocycles. The van der Waals surface area contributed by atoms with Crippen LogP contribution in [0.1, 0.15) is 32.8 Å². The molecular weight excluding hydrogens is 326 g/mol. The fourth-order valence-electron chi connectivity index (χ4n) is 2.61. The van der Waals surface area contributed by atoms with Gasteiger partial charge in [-0.2, -0.15) is 0 Å². The molecule has 1 aliphatic heterocycles. The number of hydrogen-bond acceptors (Lipinski definition) is 5. The Morgan fingerprint density at radius 3 is 2.40 bits per heavy atom. The van der Waals surface area contributed by atoms with Gasteiger partial charge in [-0.25, -0.2) is 9.59 Å². The molecule has 0 radical (unpaired) electrons. The molecule has 2 atom stereocenters. The Bertz CT molecular complexity index is 637. The second-order valence-electron chi connectivity index (χ2n) is 7.01. The highest BCUT2D eigenvalue weighted by Gasteiger charge is 2.44. The van der Waals surface area contributed by atoms with Crippen molar-refractivity contribution >= 4 is 18.0 Å². The molecule has 136 valence electrons. The van der Waals surface area contributed by atoms with Crippen LogP contribution in [0.25, 0.3) is 0 Å². The molecule has 0 aromatic heterocycles. The maximum Gasteiger partial charge on any atom is 0.411 e. The standard InChI is InChI=1S/C18H23NO6/c1-18(2,3)25-17(23)19-10-13(9-14(19)15(20)21)16(22)24-11-12-7-5-4-6-8-12/h4-8,13-14H,9-11H2,1-3H3,(H,20,21)/t13-,14+/m1/s1. The summed E-state index contributed by atoms with van der Waals surface area (Å²) in [6.07, 6.45) is -0.722.